The Morgan fingerprint density at radius 2 is 1.78 bits per heavy atom. The third-order valence-electron chi connectivity index (χ3n) is 5.39. The number of amides is 2. The second-order valence-corrected chi connectivity index (χ2v) is 9.77. The van der Waals surface area contributed by atoms with E-state index in [-0.39, 0.29) is 35.5 Å². The van der Waals surface area contributed by atoms with Crippen molar-refractivity contribution < 1.29 is 22.8 Å². The highest BCUT2D eigenvalue weighted by Crippen LogP contribution is 2.29. The first-order valence-electron chi connectivity index (χ1n) is 10.5. The van der Waals surface area contributed by atoms with Crippen LogP contribution < -0.4 is 10.2 Å². The van der Waals surface area contributed by atoms with Crippen molar-refractivity contribution in [2.45, 2.75) is 37.5 Å². The summed E-state index contributed by atoms with van der Waals surface area (Å²) >= 11 is 0. The number of hydrogen-bond donors (Lipinski definition) is 1. The number of nitrogens with one attached hydrogen (secondary N) is 1. The second-order valence-electron chi connectivity index (χ2n) is 7.72. The maximum absolute atomic E-state index is 12.7. The molecule has 1 aliphatic heterocycles. The summed E-state index contributed by atoms with van der Waals surface area (Å²) in [6, 6.07) is 12.9. The van der Waals surface area contributed by atoms with Gasteiger partial charge < -0.3 is 10.2 Å². The Hall–Kier alpha value is -3.04. The predicted octanol–water partition coefficient (Wildman–Crippen LogP) is 3.06. The highest BCUT2D eigenvalue weighted by molar-refractivity contribution is 7.89. The lowest BCUT2D eigenvalue weighted by molar-refractivity contribution is -0.117. The van der Waals surface area contributed by atoms with Crippen LogP contribution in [0.25, 0.3) is 0 Å². The van der Waals surface area contributed by atoms with Gasteiger partial charge in [0.15, 0.2) is 5.78 Å². The summed E-state index contributed by atoms with van der Waals surface area (Å²) in [5.74, 6) is -0.348. The van der Waals surface area contributed by atoms with Gasteiger partial charge in [0, 0.05) is 38.5 Å². The number of nitrogens with zero attached hydrogens (tertiary/aromatic N) is 2. The summed E-state index contributed by atoms with van der Waals surface area (Å²) < 4.78 is 26.6. The van der Waals surface area contributed by atoms with E-state index in [1.165, 1.54) is 42.5 Å². The number of sulfonamides is 1. The molecular weight excluding hydrogens is 430 g/mol. The van der Waals surface area contributed by atoms with Crippen molar-refractivity contribution in [2.75, 3.05) is 30.4 Å². The van der Waals surface area contributed by atoms with Crippen molar-refractivity contribution in [3.63, 3.8) is 0 Å². The van der Waals surface area contributed by atoms with E-state index in [4.69, 9.17) is 0 Å². The third-order valence-corrected chi connectivity index (χ3v) is 7.26. The number of rotatable bonds is 9. The molecule has 0 atom stereocenters. The Morgan fingerprint density at radius 1 is 1.09 bits per heavy atom. The summed E-state index contributed by atoms with van der Waals surface area (Å²) in [7, 11) is -2.26. The Bertz CT molecular complexity index is 1110. The van der Waals surface area contributed by atoms with Gasteiger partial charge in [-0.25, -0.2) is 12.7 Å². The molecule has 1 N–H and O–H groups in total. The zero-order valence-electron chi connectivity index (χ0n) is 18.2. The molecule has 0 aliphatic carbocycles. The van der Waals surface area contributed by atoms with Crippen LogP contribution in [-0.4, -0.2) is 50.5 Å². The first-order chi connectivity index (χ1) is 15.2. The van der Waals surface area contributed by atoms with E-state index in [9.17, 15) is 22.8 Å². The Kier molecular flexibility index (Phi) is 7.42. The first kappa shape index (κ1) is 23.6. The molecule has 0 spiro atoms. The van der Waals surface area contributed by atoms with E-state index in [2.05, 4.69) is 5.32 Å². The fourth-order valence-corrected chi connectivity index (χ4v) is 4.76. The van der Waals surface area contributed by atoms with Crippen molar-refractivity contribution in [3.05, 3.63) is 54.1 Å². The first-order valence-corrected chi connectivity index (χ1v) is 11.9. The SMILES string of the molecule is CC(=O)c1ccc(S(=O)(=O)N(C)CCCC(=O)Nc2ccccc2N2CCCC2=O)cc1. The molecule has 3 rings (SSSR count). The highest BCUT2D eigenvalue weighted by atomic mass is 32.2. The van der Waals surface area contributed by atoms with Gasteiger partial charge in [-0.05, 0) is 44.0 Å². The smallest absolute Gasteiger partial charge is 0.242 e. The van der Waals surface area contributed by atoms with Crippen molar-refractivity contribution in [1.29, 1.82) is 0 Å². The molecule has 1 fully saturated rings. The van der Waals surface area contributed by atoms with Crippen molar-refractivity contribution >= 4 is 39.0 Å². The number of ketones is 1. The molecule has 0 aromatic heterocycles. The molecule has 32 heavy (non-hydrogen) atoms. The molecule has 8 nitrogen and oxygen atoms in total. The lowest BCUT2D eigenvalue weighted by atomic mass is 10.2. The average molecular weight is 458 g/mol. The number of benzene rings is 2. The van der Waals surface area contributed by atoms with Crippen molar-refractivity contribution in [2.24, 2.45) is 0 Å². The molecular formula is C23H27N3O5S. The predicted molar refractivity (Wildman–Crippen MR) is 122 cm³/mol. The molecule has 0 radical (unpaired) electrons. The number of hydrogen-bond acceptors (Lipinski definition) is 5. The van der Waals surface area contributed by atoms with Gasteiger partial charge in [0.25, 0.3) is 0 Å². The lowest BCUT2D eigenvalue weighted by Crippen LogP contribution is -2.29. The van der Waals surface area contributed by atoms with E-state index >= 15 is 0 Å². The zero-order valence-corrected chi connectivity index (χ0v) is 19.0. The molecule has 2 amide bonds. The molecule has 170 valence electrons. The van der Waals surface area contributed by atoms with Crippen LogP contribution in [0.5, 0.6) is 0 Å². The van der Waals surface area contributed by atoms with Crippen LogP contribution in [0, 0.1) is 0 Å². The Balaban J connectivity index is 1.56. The minimum absolute atomic E-state index is 0.0369. The van der Waals surface area contributed by atoms with E-state index in [0.29, 0.717) is 36.3 Å². The van der Waals surface area contributed by atoms with Gasteiger partial charge in [-0.3, -0.25) is 14.4 Å². The fourth-order valence-electron chi connectivity index (χ4n) is 3.55. The third kappa shape index (κ3) is 5.41. The summed E-state index contributed by atoms with van der Waals surface area (Å²) in [6.45, 7) is 2.21. The number of carbonyl (C=O) groups is 3. The van der Waals surface area contributed by atoms with Gasteiger partial charge in [0.05, 0.1) is 16.3 Å². The molecule has 0 unspecified atom stereocenters. The fraction of sp³-hybridized carbons (Fsp3) is 0.348. The van der Waals surface area contributed by atoms with Crippen LogP contribution in [0.2, 0.25) is 0 Å². The monoisotopic (exact) mass is 457 g/mol. The Morgan fingerprint density at radius 3 is 2.41 bits per heavy atom. The molecule has 0 saturated carbocycles. The van der Waals surface area contributed by atoms with Crippen LogP contribution >= 0.6 is 0 Å². The van der Waals surface area contributed by atoms with Gasteiger partial charge in [0.2, 0.25) is 21.8 Å². The molecule has 1 heterocycles. The number of para-hydroxylation sites is 2. The van der Waals surface area contributed by atoms with Crippen molar-refractivity contribution in [1.82, 2.24) is 4.31 Å². The van der Waals surface area contributed by atoms with E-state index in [1.807, 2.05) is 6.07 Å². The minimum atomic E-state index is -3.72. The van der Waals surface area contributed by atoms with Crippen LogP contribution in [-0.2, 0) is 19.6 Å². The lowest BCUT2D eigenvalue weighted by Gasteiger charge is -2.20. The summed E-state index contributed by atoms with van der Waals surface area (Å²) in [6.07, 6.45) is 1.75. The van der Waals surface area contributed by atoms with E-state index in [0.717, 1.165) is 6.42 Å². The molecule has 2 aromatic carbocycles. The van der Waals surface area contributed by atoms with Gasteiger partial charge in [-0.15, -0.1) is 0 Å². The quantitative estimate of drug-likeness (QED) is 0.583. The normalized spacial score (nSPS) is 14.1. The zero-order chi connectivity index (χ0) is 23.3. The number of carbonyl (C=O) groups excluding carboxylic acids is 3. The Labute approximate surface area is 188 Å². The molecule has 0 bridgehead atoms. The molecule has 2 aromatic rings. The van der Waals surface area contributed by atoms with Crippen LogP contribution in [0.1, 0.15) is 43.0 Å². The molecule has 9 heteroatoms. The summed E-state index contributed by atoms with van der Waals surface area (Å²) in [4.78, 5) is 37.6. The maximum atomic E-state index is 12.7. The van der Waals surface area contributed by atoms with Crippen LogP contribution in [0.3, 0.4) is 0 Å². The van der Waals surface area contributed by atoms with Crippen LogP contribution in [0.4, 0.5) is 11.4 Å². The molecule has 1 aliphatic rings. The number of anilines is 2. The van der Waals surface area contributed by atoms with Crippen LogP contribution in [0.15, 0.2) is 53.4 Å². The largest absolute Gasteiger partial charge is 0.324 e. The minimum Gasteiger partial charge on any atom is -0.324 e. The van der Waals surface area contributed by atoms with E-state index in [1.54, 1.807) is 23.1 Å². The molecule has 1 saturated heterocycles. The van der Waals surface area contributed by atoms with Gasteiger partial charge in [-0.1, -0.05) is 24.3 Å². The standard InChI is InChI=1S/C23H27N3O5S/c1-17(27)18-11-13-19(14-12-18)32(30,31)25(2)15-5-9-22(28)24-20-7-3-4-8-21(20)26-16-6-10-23(26)29/h3-4,7-8,11-14H,5-6,9-10,15-16H2,1-2H3,(H,24,28). The number of Topliss-reactive ketones (excluding diaryl/α,β-unsaturated/α-hetero) is 1. The highest BCUT2D eigenvalue weighted by Gasteiger charge is 2.24. The van der Waals surface area contributed by atoms with Gasteiger partial charge in [-0.2, -0.15) is 0 Å². The van der Waals surface area contributed by atoms with Crippen molar-refractivity contribution in [3.8, 4) is 0 Å². The average Bonchev–Trinajstić information content (AvgIpc) is 3.19. The second kappa shape index (κ2) is 10.1. The summed E-state index contributed by atoms with van der Waals surface area (Å²) in [5.41, 5.74) is 1.69. The maximum Gasteiger partial charge on any atom is 0.242 e. The van der Waals surface area contributed by atoms with E-state index < -0.39 is 10.0 Å². The topological polar surface area (TPSA) is 104 Å². The van der Waals surface area contributed by atoms with Gasteiger partial charge >= 0.3 is 0 Å². The van der Waals surface area contributed by atoms with Gasteiger partial charge in [0.1, 0.15) is 0 Å². The summed E-state index contributed by atoms with van der Waals surface area (Å²) in [5, 5.41) is 2.84.